The first-order valence-corrected chi connectivity index (χ1v) is 5.27. The minimum atomic E-state index is -0.910. The second-order valence-corrected chi connectivity index (χ2v) is 3.98. The van der Waals surface area contributed by atoms with Gasteiger partial charge in [0.05, 0.1) is 17.6 Å². The van der Waals surface area contributed by atoms with E-state index in [1.165, 1.54) is 11.8 Å². The average molecular weight is 230 g/mol. The molecule has 0 bridgehead atoms. The third kappa shape index (κ3) is 2.10. The molecular weight excluding hydrogens is 222 g/mol. The second kappa shape index (κ2) is 4.16. The summed E-state index contributed by atoms with van der Waals surface area (Å²) in [7, 11) is 0. The van der Waals surface area contributed by atoms with Crippen LogP contribution < -0.4 is 0 Å². The molecule has 0 aliphatic heterocycles. The summed E-state index contributed by atoms with van der Waals surface area (Å²) in [4.78, 5) is 6.87. The Labute approximate surface area is 88.5 Å². The SMILES string of the molecule is OCCSc1nc2cc(F)c(F)cc2[nH]1. The number of thioether (sulfide) groups is 1. The first-order chi connectivity index (χ1) is 7.20. The molecule has 1 aromatic carbocycles. The molecule has 0 aliphatic rings. The number of hydrogen-bond acceptors (Lipinski definition) is 3. The van der Waals surface area contributed by atoms with Gasteiger partial charge in [-0.1, -0.05) is 11.8 Å². The number of rotatable bonds is 3. The van der Waals surface area contributed by atoms with E-state index in [0.29, 0.717) is 21.9 Å². The number of halogens is 2. The van der Waals surface area contributed by atoms with Crippen molar-refractivity contribution in [2.75, 3.05) is 12.4 Å². The fraction of sp³-hybridized carbons (Fsp3) is 0.222. The highest BCUT2D eigenvalue weighted by Gasteiger charge is 2.08. The van der Waals surface area contributed by atoms with Gasteiger partial charge in [0.25, 0.3) is 0 Å². The zero-order chi connectivity index (χ0) is 10.8. The fourth-order valence-corrected chi connectivity index (χ4v) is 1.82. The molecule has 0 atom stereocenters. The molecule has 2 rings (SSSR count). The van der Waals surface area contributed by atoms with E-state index in [0.717, 1.165) is 12.1 Å². The summed E-state index contributed by atoms with van der Waals surface area (Å²) >= 11 is 1.30. The standard InChI is InChI=1S/C9H8F2N2OS/c10-5-3-7-8(4-6(5)11)13-9(12-7)15-2-1-14/h3-4,14H,1-2H2,(H,12,13). The number of imidazole rings is 1. The first kappa shape index (κ1) is 10.4. The fourth-order valence-electron chi connectivity index (χ4n) is 1.19. The Hall–Kier alpha value is -1.14. The lowest BCUT2D eigenvalue weighted by molar-refractivity contribution is 0.322. The van der Waals surface area contributed by atoms with Gasteiger partial charge in [-0.15, -0.1) is 0 Å². The molecular formula is C9H8F2N2OS. The van der Waals surface area contributed by atoms with Gasteiger partial charge in [0.2, 0.25) is 0 Å². The molecule has 80 valence electrons. The third-order valence-corrected chi connectivity index (χ3v) is 2.69. The van der Waals surface area contributed by atoms with Crippen LogP contribution in [0.5, 0.6) is 0 Å². The van der Waals surface area contributed by atoms with E-state index in [-0.39, 0.29) is 6.61 Å². The van der Waals surface area contributed by atoms with Gasteiger partial charge >= 0.3 is 0 Å². The van der Waals surface area contributed by atoms with Crippen LogP contribution in [0.2, 0.25) is 0 Å². The number of aromatic nitrogens is 2. The molecule has 15 heavy (non-hydrogen) atoms. The van der Waals surface area contributed by atoms with Gasteiger partial charge in [0, 0.05) is 17.9 Å². The summed E-state index contributed by atoms with van der Waals surface area (Å²) in [6.07, 6.45) is 0. The highest BCUT2D eigenvalue weighted by Crippen LogP contribution is 2.21. The van der Waals surface area contributed by atoms with Gasteiger partial charge in [-0.25, -0.2) is 13.8 Å². The average Bonchev–Trinajstić information content (AvgIpc) is 2.58. The van der Waals surface area contributed by atoms with Crippen LogP contribution in [0.1, 0.15) is 0 Å². The van der Waals surface area contributed by atoms with E-state index in [4.69, 9.17) is 5.11 Å². The van der Waals surface area contributed by atoms with Crippen molar-refractivity contribution in [3.05, 3.63) is 23.8 Å². The number of aromatic amines is 1. The van der Waals surface area contributed by atoms with Crippen molar-refractivity contribution < 1.29 is 13.9 Å². The van der Waals surface area contributed by atoms with Crippen LogP contribution in [0.25, 0.3) is 11.0 Å². The monoisotopic (exact) mass is 230 g/mol. The van der Waals surface area contributed by atoms with Gasteiger partial charge < -0.3 is 10.1 Å². The Bertz CT molecular complexity index is 447. The van der Waals surface area contributed by atoms with Crippen molar-refractivity contribution in [2.24, 2.45) is 0 Å². The maximum Gasteiger partial charge on any atom is 0.166 e. The largest absolute Gasteiger partial charge is 0.396 e. The van der Waals surface area contributed by atoms with Crippen molar-refractivity contribution in [3.8, 4) is 0 Å². The first-order valence-electron chi connectivity index (χ1n) is 4.29. The predicted molar refractivity (Wildman–Crippen MR) is 53.8 cm³/mol. The molecule has 0 saturated heterocycles. The number of aliphatic hydroxyl groups excluding tert-OH is 1. The molecule has 2 N–H and O–H groups in total. The predicted octanol–water partition coefficient (Wildman–Crippen LogP) is 1.93. The molecule has 0 radical (unpaired) electrons. The Morgan fingerprint density at radius 2 is 2.07 bits per heavy atom. The maximum absolute atomic E-state index is 12.8. The number of benzene rings is 1. The molecule has 1 heterocycles. The quantitative estimate of drug-likeness (QED) is 0.792. The van der Waals surface area contributed by atoms with Crippen LogP contribution in [0.4, 0.5) is 8.78 Å². The number of fused-ring (bicyclic) bond motifs is 1. The lowest BCUT2D eigenvalue weighted by Gasteiger charge is -1.90. The van der Waals surface area contributed by atoms with Gasteiger partial charge in [0.1, 0.15) is 0 Å². The minimum absolute atomic E-state index is 0.0322. The van der Waals surface area contributed by atoms with Gasteiger partial charge in [0.15, 0.2) is 16.8 Å². The van der Waals surface area contributed by atoms with Crippen LogP contribution in [0.3, 0.4) is 0 Å². The smallest absolute Gasteiger partial charge is 0.166 e. The minimum Gasteiger partial charge on any atom is -0.396 e. The van der Waals surface area contributed by atoms with Crippen LogP contribution in [-0.2, 0) is 0 Å². The van der Waals surface area contributed by atoms with Crippen molar-refractivity contribution in [2.45, 2.75) is 5.16 Å². The molecule has 0 unspecified atom stereocenters. The Morgan fingerprint density at radius 1 is 1.33 bits per heavy atom. The summed E-state index contributed by atoms with van der Waals surface area (Å²) in [5.74, 6) is -1.32. The Balaban J connectivity index is 2.38. The molecule has 6 heteroatoms. The number of nitrogens with zero attached hydrogens (tertiary/aromatic N) is 1. The lowest BCUT2D eigenvalue weighted by atomic mass is 10.3. The second-order valence-electron chi connectivity index (χ2n) is 2.90. The number of H-pyrrole nitrogens is 1. The molecule has 1 aromatic heterocycles. The van der Waals surface area contributed by atoms with E-state index < -0.39 is 11.6 Å². The molecule has 3 nitrogen and oxygen atoms in total. The zero-order valence-corrected chi connectivity index (χ0v) is 8.44. The van der Waals surface area contributed by atoms with E-state index in [1.54, 1.807) is 0 Å². The maximum atomic E-state index is 12.8. The molecule has 2 aromatic rings. The van der Waals surface area contributed by atoms with E-state index in [1.807, 2.05) is 0 Å². The molecule has 0 spiro atoms. The van der Waals surface area contributed by atoms with Crippen molar-refractivity contribution >= 4 is 22.8 Å². The van der Waals surface area contributed by atoms with E-state index >= 15 is 0 Å². The summed E-state index contributed by atoms with van der Waals surface area (Å²) in [6, 6.07) is 2.12. The van der Waals surface area contributed by atoms with Gasteiger partial charge in [-0.2, -0.15) is 0 Å². The molecule has 0 fully saturated rings. The topological polar surface area (TPSA) is 48.9 Å². The van der Waals surface area contributed by atoms with Crippen molar-refractivity contribution in [1.29, 1.82) is 0 Å². The summed E-state index contributed by atoms with van der Waals surface area (Å²) in [6.45, 7) is 0.0322. The Kier molecular flexibility index (Phi) is 2.88. The van der Waals surface area contributed by atoms with Crippen LogP contribution >= 0.6 is 11.8 Å². The number of nitrogens with one attached hydrogen (secondary N) is 1. The van der Waals surface area contributed by atoms with Crippen molar-refractivity contribution in [3.63, 3.8) is 0 Å². The highest BCUT2D eigenvalue weighted by molar-refractivity contribution is 7.99. The lowest BCUT2D eigenvalue weighted by Crippen LogP contribution is -1.85. The molecule has 0 aliphatic carbocycles. The van der Waals surface area contributed by atoms with E-state index in [9.17, 15) is 8.78 Å². The van der Waals surface area contributed by atoms with Crippen LogP contribution in [0.15, 0.2) is 17.3 Å². The molecule has 0 saturated carbocycles. The van der Waals surface area contributed by atoms with Crippen LogP contribution in [0, 0.1) is 11.6 Å². The Morgan fingerprint density at radius 3 is 2.80 bits per heavy atom. The summed E-state index contributed by atoms with van der Waals surface area (Å²) in [5, 5.41) is 9.15. The summed E-state index contributed by atoms with van der Waals surface area (Å²) < 4.78 is 25.7. The van der Waals surface area contributed by atoms with E-state index in [2.05, 4.69) is 9.97 Å². The number of aliphatic hydroxyl groups is 1. The van der Waals surface area contributed by atoms with Crippen molar-refractivity contribution in [1.82, 2.24) is 9.97 Å². The summed E-state index contributed by atoms with van der Waals surface area (Å²) in [5.41, 5.74) is 0.837. The number of hydrogen-bond donors (Lipinski definition) is 2. The van der Waals surface area contributed by atoms with Gasteiger partial charge in [-0.3, -0.25) is 0 Å². The van der Waals surface area contributed by atoms with Gasteiger partial charge in [-0.05, 0) is 0 Å². The normalized spacial score (nSPS) is 11.1. The molecule has 0 amide bonds. The highest BCUT2D eigenvalue weighted by atomic mass is 32.2. The zero-order valence-electron chi connectivity index (χ0n) is 7.63. The van der Waals surface area contributed by atoms with Crippen LogP contribution in [-0.4, -0.2) is 27.4 Å². The third-order valence-electron chi connectivity index (χ3n) is 1.83.